The van der Waals surface area contributed by atoms with Gasteiger partial charge in [-0.25, -0.2) is 4.39 Å². The maximum Gasteiger partial charge on any atom is 0.239 e. The van der Waals surface area contributed by atoms with E-state index in [1.165, 1.54) is 12.5 Å². The van der Waals surface area contributed by atoms with Crippen molar-refractivity contribution in [2.24, 2.45) is 0 Å². The van der Waals surface area contributed by atoms with Crippen LogP contribution < -0.4 is 5.32 Å². The van der Waals surface area contributed by atoms with Gasteiger partial charge in [-0.05, 0) is 32.3 Å². The molecule has 1 N–H and O–H groups in total. The van der Waals surface area contributed by atoms with Gasteiger partial charge in [0.25, 0.3) is 0 Å². The molecule has 0 bridgehead atoms. The van der Waals surface area contributed by atoms with E-state index in [4.69, 9.17) is 5.26 Å². The lowest BCUT2D eigenvalue weighted by atomic mass is 10.1. The number of carbonyl (C=O) groups is 1. The Morgan fingerprint density at radius 1 is 1.43 bits per heavy atom. The van der Waals surface area contributed by atoms with Crippen molar-refractivity contribution in [3.05, 3.63) is 35.1 Å². The third-order valence-electron chi connectivity index (χ3n) is 3.84. The second-order valence-corrected chi connectivity index (χ2v) is 5.38. The maximum absolute atomic E-state index is 13.9. The summed E-state index contributed by atoms with van der Waals surface area (Å²) < 4.78 is 13.9. The van der Waals surface area contributed by atoms with Gasteiger partial charge >= 0.3 is 0 Å². The average molecular weight is 289 g/mol. The molecule has 1 heterocycles. The molecule has 1 aromatic carbocycles. The van der Waals surface area contributed by atoms with Crippen LogP contribution in [0.2, 0.25) is 0 Å². The zero-order valence-corrected chi connectivity index (χ0v) is 12.2. The van der Waals surface area contributed by atoms with E-state index in [1.807, 2.05) is 11.0 Å². The van der Waals surface area contributed by atoms with E-state index in [2.05, 4.69) is 5.32 Å². The molecule has 0 saturated carbocycles. The number of amides is 1. The molecule has 0 aromatic heterocycles. The molecule has 1 amide bonds. The lowest BCUT2D eigenvalue weighted by Gasteiger charge is -2.29. The Morgan fingerprint density at radius 2 is 2.14 bits per heavy atom. The summed E-state index contributed by atoms with van der Waals surface area (Å²) in [4.78, 5) is 14.1. The summed E-state index contributed by atoms with van der Waals surface area (Å²) in [6, 6.07) is 6.19. The van der Waals surface area contributed by atoms with Gasteiger partial charge < -0.3 is 10.2 Å². The molecule has 5 heteroatoms. The third kappa shape index (κ3) is 3.79. The fraction of sp³-hybridized carbons (Fsp3) is 0.500. The van der Waals surface area contributed by atoms with Crippen molar-refractivity contribution in [2.75, 3.05) is 13.1 Å². The SMILES string of the molecule is CC(NCc1cccc(C#N)c1F)C(=O)N1CCCCC1. The fourth-order valence-electron chi connectivity index (χ4n) is 2.54. The van der Waals surface area contributed by atoms with Crippen molar-refractivity contribution in [1.29, 1.82) is 5.26 Å². The predicted octanol–water partition coefficient (Wildman–Crippen LogP) is 2.19. The van der Waals surface area contributed by atoms with Crippen molar-refractivity contribution in [1.82, 2.24) is 10.2 Å². The molecule has 0 radical (unpaired) electrons. The largest absolute Gasteiger partial charge is 0.341 e. The summed E-state index contributed by atoms with van der Waals surface area (Å²) >= 11 is 0. The van der Waals surface area contributed by atoms with Gasteiger partial charge in [-0.2, -0.15) is 5.26 Å². The molecule has 1 saturated heterocycles. The van der Waals surface area contributed by atoms with Gasteiger partial charge in [0, 0.05) is 25.2 Å². The quantitative estimate of drug-likeness (QED) is 0.924. The van der Waals surface area contributed by atoms with Crippen LogP contribution >= 0.6 is 0 Å². The minimum atomic E-state index is -0.509. The van der Waals surface area contributed by atoms with Crippen molar-refractivity contribution in [2.45, 2.75) is 38.8 Å². The second-order valence-electron chi connectivity index (χ2n) is 5.38. The Hall–Kier alpha value is -1.93. The first kappa shape index (κ1) is 15.5. The lowest BCUT2D eigenvalue weighted by Crippen LogP contribution is -2.46. The molecular weight excluding hydrogens is 269 g/mol. The highest BCUT2D eigenvalue weighted by Crippen LogP contribution is 2.13. The number of benzene rings is 1. The van der Waals surface area contributed by atoms with E-state index >= 15 is 0 Å². The predicted molar refractivity (Wildman–Crippen MR) is 77.8 cm³/mol. The molecule has 112 valence electrons. The summed E-state index contributed by atoms with van der Waals surface area (Å²) in [6.45, 7) is 3.65. The number of piperidine rings is 1. The van der Waals surface area contributed by atoms with Crippen LogP contribution in [-0.2, 0) is 11.3 Å². The Labute approximate surface area is 124 Å². The monoisotopic (exact) mass is 289 g/mol. The fourth-order valence-corrected chi connectivity index (χ4v) is 2.54. The standard InChI is InChI=1S/C16H20FN3O/c1-12(16(21)20-8-3-2-4-9-20)19-11-14-7-5-6-13(10-18)15(14)17/h5-7,12,19H,2-4,8-9,11H2,1H3. The normalized spacial score (nSPS) is 16.3. The molecule has 1 aliphatic rings. The molecule has 1 fully saturated rings. The van der Waals surface area contributed by atoms with Crippen molar-refractivity contribution >= 4 is 5.91 Å². The van der Waals surface area contributed by atoms with Crippen LogP contribution in [0.15, 0.2) is 18.2 Å². The summed E-state index contributed by atoms with van der Waals surface area (Å²) in [6.07, 6.45) is 3.28. The van der Waals surface area contributed by atoms with Gasteiger partial charge in [-0.15, -0.1) is 0 Å². The second kappa shape index (κ2) is 7.19. The van der Waals surface area contributed by atoms with Crippen LogP contribution in [0.3, 0.4) is 0 Å². The van der Waals surface area contributed by atoms with Crippen LogP contribution in [-0.4, -0.2) is 29.9 Å². The van der Waals surface area contributed by atoms with Crippen LogP contribution in [0.25, 0.3) is 0 Å². The van der Waals surface area contributed by atoms with Crippen molar-refractivity contribution in [3.63, 3.8) is 0 Å². The van der Waals surface area contributed by atoms with E-state index < -0.39 is 5.82 Å². The first-order chi connectivity index (χ1) is 10.1. The van der Waals surface area contributed by atoms with Gasteiger partial charge in [-0.1, -0.05) is 12.1 Å². The van der Waals surface area contributed by atoms with Gasteiger partial charge in [0.1, 0.15) is 11.9 Å². The summed E-state index contributed by atoms with van der Waals surface area (Å²) in [5.41, 5.74) is 0.441. The minimum Gasteiger partial charge on any atom is -0.341 e. The van der Waals surface area contributed by atoms with E-state index in [-0.39, 0.29) is 24.1 Å². The lowest BCUT2D eigenvalue weighted by molar-refractivity contribution is -0.133. The molecule has 4 nitrogen and oxygen atoms in total. The number of rotatable bonds is 4. The number of nitrogens with one attached hydrogen (secondary N) is 1. The van der Waals surface area contributed by atoms with Crippen molar-refractivity contribution in [3.8, 4) is 6.07 Å². The maximum atomic E-state index is 13.9. The molecule has 0 spiro atoms. The first-order valence-corrected chi connectivity index (χ1v) is 7.33. The number of nitrogens with zero attached hydrogens (tertiary/aromatic N) is 2. The molecule has 21 heavy (non-hydrogen) atoms. The molecular formula is C16H20FN3O. The Bertz CT molecular complexity index is 547. The highest BCUT2D eigenvalue weighted by Gasteiger charge is 2.22. The Kier molecular flexibility index (Phi) is 5.29. The van der Waals surface area contributed by atoms with Gasteiger partial charge in [-0.3, -0.25) is 4.79 Å². The van der Waals surface area contributed by atoms with E-state index in [0.29, 0.717) is 5.56 Å². The number of hydrogen-bond donors (Lipinski definition) is 1. The topological polar surface area (TPSA) is 56.1 Å². The average Bonchev–Trinajstić information content (AvgIpc) is 2.53. The van der Waals surface area contributed by atoms with Crippen LogP contribution in [0.1, 0.15) is 37.3 Å². The number of halogens is 1. The van der Waals surface area contributed by atoms with Gasteiger partial charge in [0.05, 0.1) is 11.6 Å². The number of carbonyl (C=O) groups excluding carboxylic acids is 1. The summed E-state index contributed by atoms with van der Waals surface area (Å²) in [7, 11) is 0. The number of likely N-dealkylation sites (tertiary alicyclic amines) is 1. The minimum absolute atomic E-state index is 0.0318. The molecule has 1 aliphatic heterocycles. The summed E-state index contributed by atoms with van der Waals surface area (Å²) in [5.74, 6) is -0.448. The van der Waals surface area contributed by atoms with Gasteiger partial charge in [0.15, 0.2) is 0 Å². The molecule has 1 atom stereocenters. The smallest absolute Gasteiger partial charge is 0.239 e. The Morgan fingerprint density at radius 3 is 2.81 bits per heavy atom. The zero-order chi connectivity index (χ0) is 15.2. The van der Waals surface area contributed by atoms with Crippen LogP contribution in [0.4, 0.5) is 4.39 Å². The molecule has 2 rings (SSSR count). The van der Waals surface area contributed by atoms with Gasteiger partial charge in [0.2, 0.25) is 5.91 Å². The highest BCUT2D eigenvalue weighted by atomic mass is 19.1. The molecule has 0 aliphatic carbocycles. The first-order valence-electron chi connectivity index (χ1n) is 7.33. The number of nitriles is 1. The summed E-state index contributed by atoms with van der Waals surface area (Å²) in [5, 5.41) is 11.9. The Balaban J connectivity index is 1.93. The van der Waals surface area contributed by atoms with E-state index in [9.17, 15) is 9.18 Å². The molecule has 1 unspecified atom stereocenters. The molecule has 1 aromatic rings. The van der Waals surface area contributed by atoms with E-state index in [1.54, 1.807) is 19.1 Å². The third-order valence-corrected chi connectivity index (χ3v) is 3.84. The van der Waals surface area contributed by atoms with Crippen LogP contribution in [0, 0.1) is 17.1 Å². The van der Waals surface area contributed by atoms with Crippen molar-refractivity contribution < 1.29 is 9.18 Å². The number of hydrogen-bond acceptors (Lipinski definition) is 3. The van der Waals surface area contributed by atoms with E-state index in [0.717, 1.165) is 25.9 Å². The highest BCUT2D eigenvalue weighted by molar-refractivity contribution is 5.81. The van der Waals surface area contributed by atoms with Crippen LogP contribution in [0.5, 0.6) is 0 Å². The zero-order valence-electron chi connectivity index (χ0n) is 12.2.